The molecule has 0 spiro atoms. The molecule has 0 aliphatic carbocycles. The lowest BCUT2D eigenvalue weighted by molar-refractivity contribution is 0.0783. The Labute approximate surface area is 165 Å². The zero-order chi connectivity index (χ0) is 19.8. The number of carbonyl (C=O) groups excluding carboxylic acids is 1. The number of carbonyl (C=O) groups is 1. The van der Waals surface area contributed by atoms with Crippen LogP contribution < -0.4 is 9.64 Å². The molecule has 2 aliphatic heterocycles. The molecular formula is C22H24N4O2. The summed E-state index contributed by atoms with van der Waals surface area (Å²) < 4.78 is 6.08. The van der Waals surface area contributed by atoms with Crippen LogP contribution in [0.25, 0.3) is 0 Å². The van der Waals surface area contributed by atoms with E-state index in [1.54, 1.807) is 17.0 Å². The highest BCUT2D eigenvalue weighted by molar-refractivity contribution is 5.98. The van der Waals surface area contributed by atoms with Crippen LogP contribution in [0.15, 0.2) is 30.3 Å². The number of ether oxygens (including phenoxy) is 1. The topological polar surface area (TPSA) is 69.5 Å². The number of pyridine rings is 1. The number of amides is 1. The molecular weight excluding hydrogens is 352 g/mol. The number of fused-ring (bicyclic) bond motifs is 1. The Morgan fingerprint density at radius 3 is 2.71 bits per heavy atom. The maximum absolute atomic E-state index is 12.3. The van der Waals surface area contributed by atoms with Gasteiger partial charge in [-0.05, 0) is 43.7 Å². The van der Waals surface area contributed by atoms with E-state index < -0.39 is 0 Å². The van der Waals surface area contributed by atoms with Gasteiger partial charge in [-0.15, -0.1) is 0 Å². The molecule has 3 heterocycles. The van der Waals surface area contributed by atoms with Crippen molar-refractivity contribution in [3.8, 4) is 11.8 Å². The number of anilines is 1. The van der Waals surface area contributed by atoms with Crippen LogP contribution in [-0.2, 0) is 0 Å². The summed E-state index contributed by atoms with van der Waals surface area (Å²) in [6.45, 7) is 5.75. The van der Waals surface area contributed by atoms with Gasteiger partial charge in [-0.2, -0.15) is 5.26 Å². The molecule has 1 amide bonds. The number of hydrogen-bond donors (Lipinski definition) is 0. The number of benzene rings is 1. The lowest BCUT2D eigenvalue weighted by Crippen LogP contribution is -2.39. The highest BCUT2D eigenvalue weighted by atomic mass is 16.5. The Hall–Kier alpha value is -3.07. The van der Waals surface area contributed by atoms with E-state index in [1.165, 1.54) is 0 Å². The molecule has 6 nitrogen and oxygen atoms in total. The van der Waals surface area contributed by atoms with Crippen molar-refractivity contribution in [1.29, 1.82) is 5.26 Å². The first-order valence-corrected chi connectivity index (χ1v) is 9.68. The normalized spacial score (nSPS) is 19.5. The van der Waals surface area contributed by atoms with E-state index in [4.69, 9.17) is 15.0 Å². The van der Waals surface area contributed by atoms with Gasteiger partial charge in [0.15, 0.2) is 0 Å². The minimum atomic E-state index is 0.00938. The Morgan fingerprint density at radius 1 is 1.25 bits per heavy atom. The van der Waals surface area contributed by atoms with E-state index in [1.807, 2.05) is 39.1 Å². The molecule has 1 atom stereocenters. The Balaban J connectivity index is 1.46. The number of aromatic nitrogens is 1. The highest BCUT2D eigenvalue weighted by Gasteiger charge is 2.34. The third-order valence-electron chi connectivity index (χ3n) is 5.75. The van der Waals surface area contributed by atoms with Crippen molar-refractivity contribution >= 4 is 11.7 Å². The van der Waals surface area contributed by atoms with Gasteiger partial charge in [-0.25, -0.2) is 4.98 Å². The van der Waals surface area contributed by atoms with Crippen molar-refractivity contribution in [2.24, 2.45) is 0 Å². The number of piperidine rings is 1. The summed E-state index contributed by atoms with van der Waals surface area (Å²) in [5.41, 5.74) is 3.25. The largest absolute Gasteiger partial charge is 0.490 e. The fourth-order valence-electron chi connectivity index (χ4n) is 3.99. The van der Waals surface area contributed by atoms with Gasteiger partial charge < -0.3 is 14.5 Å². The Morgan fingerprint density at radius 2 is 2.00 bits per heavy atom. The molecule has 2 aliphatic rings. The predicted molar refractivity (Wildman–Crippen MR) is 107 cm³/mol. The van der Waals surface area contributed by atoms with Crippen molar-refractivity contribution in [2.45, 2.75) is 38.8 Å². The van der Waals surface area contributed by atoms with Gasteiger partial charge in [0.25, 0.3) is 5.91 Å². The van der Waals surface area contributed by atoms with Crippen molar-refractivity contribution in [3.63, 3.8) is 0 Å². The van der Waals surface area contributed by atoms with Crippen molar-refractivity contribution in [1.82, 2.24) is 9.88 Å². The van der Waals surface area contributed by atoms with Gasteiger partial charge in [-0.1, -0.05) is 6.07 Å². The zero-order valence-electron chi connectivity index (χ0n) is 16.5. The molecule has 0 unspecified atom stereocenters. The van der Waals surface area contributed by atoms with E-state index >= 15 is 0 Å². The number of rotatable bonds is 3. The minimum absolute atomic E-state index is 0.00938. The average Bonchev–Trinajstić information content (AvgIpc) is 2.92. The van der Waals surface area contributed by atoms with Gasteiger partial charge in [0.2, 0.25) is 0 Å². The molecule has 144 valence electrons. The van der Waals surface area contributed by atoms with Crippen LogP contribution in [0.1, 0.15) is 53.0 Å². The summed E-state index contributed by atoms with van der Waals surface area (Å²) in [7, 11) is 1.83. The maximum Gasteiger partial charge on any atom is 0.256 e. The Bertz CT molecular complexity index is 957. The summed E-state index contributed by atoms with van der Waals surface area (Å²) in [6.07, 6.45) is 1.92. The van der Waals surface area contributed by atoms with E-state index in [2.05, 4.69) is 11.0 Å². The van der Waals surface area contributed by atoms with Gasteiger partial charge in [0.1, 0.15) is 17.7 Å². The molecule has 1 aromatic heterocycles. The molecule has 0 radical (unpaired) electrons. The van der Waals surface area contributed by atoms with Gasteiger partial charge in [0, 0.05) is 33.0 Å². The smallest absolute Gasteiger partial charge is 0.256 e. The van der Waals surface area contributed by atoms with Crippen LogP contribution in [0.5, 0.6) is 5.75 Å². The van der Waals surface area contributed by atoms with Crippen LogP contribution >= 0.6 is 0 Å². The molecule has 0 bridgehead atoms. The standard InChI is InChI=1S/C22H24N4O2/c1-14-11-19-20(15(2)25(3)22(19)27)24-21(14)26-9-7-17(8-10-26)28-18-6-4-5-16(12-18)13-23/h4-6,11-12,15,17H,7-10H2,1-3H3/t15-/m1/s1. The van der Waals surface area contributed by atoms with Crippen LogP contribution in [0, 0.1) is 18.3 Å². The maximum atomic E-state index is 12.3. The minimum Gasteiger partial charge on any atom is -0.490 e. The first-order valence-electron chi connectivity index (χ1n) is 9.68. The lowest BCUT2D eigenvalue weighted by Gasteiger charge is -2.34. The van der Waals surface area contributed by atoms with Crippen molar-refractivity contribution in [3.05, 3.63) is 52.7 Å². The first kappa shape index (κ1) is 18.3. The molecule has 0 saturated carbocycles. The predicted octanol–water partition coefficient (Wildman–Crippen LogP) is 3.46. The molecule has 28 heavy (non-hydrogen) atoms. The third kappa shape index (κ3) is 3.18. The number of nitrogens with zero attached hydrogens (tertiary/aromatic N) is 4. The second-order valence-corrected chi connectivity index (χ2v) is 7.60. The molecule has 0 N–H and O–H groups in total. The lowest BCUT2D eigenvalue weighted by atomic mass is 10.1. The molecule has 1 aromatic carbocycles. The van der Waals surface area contributed by atoms with Gasteiger partial charge in [0.05, 0.1) is 28.9 Å². The second kappa shape index (κ2) is 7.16. The molecule has 2 aromatic rings. The Kier molecular flexibility index (Phi) is 4.68. The molecule has 6 heteroatoms. The third-order valence-corrected chi connectivity index (χ3v) is 5.75. The van der Waals surface area contributed by atoms with E-state index in [9.17, 15) is 4.79 Å². The van der Waals surface area contributed by atoms with Crippen molar-refractivity contribution in [2.75, 3.05) is 25.0 Å². The number of nitriles is 1. The average molecular weight is 376 g/mol. The monoisotopic (exact) mass is 376 g/mol. The summed E-state index contributed by atoms with van der Waals surface area (Å²) >= 11 is 0. The zero-order valence-corrected chi connectivity index (χ0v) is 16.5. The van der Waals surface area contributed by atoms with E-state index in [0.29, 0.717) is 5.56 Å². The molecule has 1 saturated heterocycles. The van der Waals surface area contributed by atoms with Crippen molar-refractivity contribution < 1.29 is 9.53 Å². The quantitative estimate of drug-likeness (QED) is 0.821. The van der Waals surface area contributed by atoms with Crippen LogP contribution in [0.4, 0.5) is 5.82 Å². The summed E-state index contributed by atoms with van der Waals surface area (Å²) in [5.74, 6) is 1.77. The van der Waals surface area contributed by atoms with Crippen LogP contribution in [0.3, 0.4) is 0 Å². The molecule has 1 fully saturated rings. The van der Waals surface area contributed by atoms with Gasteiger partial charge in [-0.3, -0.25) is 4.79 Å². The fraction of sp³-hybridized carbons (Fsp3) is 0.409. The summed E-state index contributed by atoms with van der Waals surface area (Å²) in [4.78, 5) is 21.3. The fourth-order valence-corrected chi connectivity index (χ4v) is 3.99. The van der Waals surface area contributed by atoms with Gasteiger partial charge >= 0.3 is 0 Å². The van der Waals surface area contributed by atoms with E-state index in [-0.39, 0.29) is 18.1 Å². The van der Waals surface area contributed by atoms with Crippen LogP contribution in [-0.4, -0.2) is 42.0 Å². The summed E-state index contributed by atoms with van der Waals surface area (Å²) in [6, 6.07) is 11.4. The van der Waals surface area contributed by atoms with E-state index in [0.717, 1.165) is 54.3 Å². The second-order valence-electron chi connectivity index (χ2n) is 7.60. The number of aryl methyl sites for hydroxylation is 1. The summed E-state index contributed by atoms with van der Waals surface area (Å²) in [5, 5.41) is 9.03. The first-order chi connectivity index (χ1) is 13.5. The number of hydrogen-bond acceptors (Lipinski definition) is 5. The molecule has 4 rings (SSSR count). The van der Waals surface area contributed by atoms with Crippen LogP contribution in [0.2, 0.25) is 0 Å². The SMILES string of the molecule is Cc1cc2c(nc1N1CCC(Oc3cccc(C#N)c3)CC1)[C@@H](C)N(C)C2=O. The highest BCUT2D eigenvalue weighted by Crippen LogP contribution is 2.34.